The molecule has 0 saturated heterocycles. The maximum Gasteiger partial charge on any atom is 0.327 e. The van der Waals surface area contributed by atoms with Crippen molar-refractivity contribution >= 4 is 11.9 Å². The summed E-state index contributed by atoms with van der Waals surface area (Å²) in [6.45, 7) is 5.63. The lowest BCUT2D eigenvalue weighted by molar-refractivity contribution is -0.149. The molecule has 3 N–H and O–H groups in total. The summed E-state index contributed by atoms with van der Waals surface area (Å²) in [6.07, 6.45) is 2.00. The van der Waals surface area contributed by atoms with Crippen LogP contribution < -0.4 is 15.2 Å². The zero-order valence-electron chi connectivity index (χ0n) is 24.1. The highest BCUT2D eigenvalue weighted by Gasteiger charge is 2.23. The number of ether oxygens (including phenoxy) is 3. The number of hydrogen-bond donors (Lipinski definition) is 2. The number of pyridine rings is 1. The second-order valence-corrected chi connectivity index (χ2v) is 10.00. The number of aliphatic carboxylic acids is 1. The molecule has 10 heteroatoms. The van der Waals surface area contributed by atoms with Crippen molar-refractivity contribution in [2.45, 2.75) is 52.2 Å². The second-order valence-electron chi connectivity index (χ2n) is 10.00. The first-order valence-corrected chi connectivity index (χ1v) is 13.6. The lowest BCUT2D eigenvalue weighted by Gasteiger charge is -2.18. The van der Waals surface area contributed by atoms with Crippen LogP contribution in [0, 0.1) is 6.92 Å². The van der Waals surface area contributed by atoms with Gasteiger partial charge in [0, 0.05) is 36.2 Å². The largest absolute Gasteiger partial charge is 0.497 e. The van der Waals surface area contributed by atoms with E-state index in [-0.39, 0.29) is 18.9 Å². The number of oxazole rings is 1. The highest BCUT2D eigenvalue weighted by Crippen LogP contribution is 2.28. The van der Waals surface area contributed by atoms with Crippen LogP contribution in [0.5, 0.6) is 11.5 Å². The molecule has 0 spiro atoms. The Bertz CT molecular complexity index is 1530. The van der Waals surface area contributed by atoms with E-state index in [4.69, 9.17) is 29.5 Å². The normalized spacial score (nSPS) is 11.8. The zero-order chi connectivity index (χ0) is 30.2. The fraction of sp³-hybridized carbons (Fsp3) is 0.312. The number of hydrogen-bond acceptors (Lipinski definition) is 9. The van der Waals surface area contributed by atoms with Crippen LogP contribution in [0.4, 0.5) is 0 Å². The molecule has 220 valence electrons. The Morgan fingerprint density at radius 3 is 2.43 bits per heavy atom. The van der Waals surface area contributed by atoms with Gasteiger partial charge in [0.1, 0.15) is 23.3 Å². The molecule has 0 radical (unpaired) electrons. The lowest BCUT2D eigenvalue weighted by Crippen LogP contribution is -2.27. The summed E-state index contributed by atoms with van der Waals surface area (Å²) >= 11 is 0. The zero-order valence-corrected chi connectivity index (χ0v) is 24.1. The van der Waals surface area contributed by atoms with Gasteiger partial charge >= 0.3 is 11.9 Å². The monoisotopic (exact) mass is 573 g/mol. The SMILES string of the molecule is COc1ccnc(-c2ccc(-c3nc(CCOc4ccc(CCC(=O)O)c(C(N)C(=O)OC(C)C)c4)c(C)o3)cc2)c1. The number of carbonyl (C=O) groups is 2. The molecule has 4 aromatic rings. The van der Waals surface area contributed by atoms with Crippen LogP contribution in [0.2, 0.25) is 0 Å². The number of nitrogens with zero attached hydrogens (tertiary/aromatic N) is 2. The number of carboxylic acid groups (broad SMARTS) is 1. The average molecular weight is 574 g/mol. The first-order chi connectivity index (χ1) is 20.1. The number of aromatic nitrogens is 2. The topological polar surface area (TPSA) is 147 Å². The summed E-state index contributed by atoms with van der Waals surface area (Å²) in [4.78, 5) is 32.7. The van der Waals surface area contributed by atoms with Crippen LogP contribution in [0.3, 0.4) is 0 Å². The van der Waals surface area contributed by atoms with Gasteiger partial charge in [-0.25, -0.2) is 9.78 Å². The predicted molar refractivity (Wildman–Crippen MR) is 156 cm³/mol. The molecule has 0 aliphatic heterocycles. The smallest absolute Gasteiger partial charge is 0.327 e. The Labute approximate surface area is 244 Å². The number of carbonyl (C=O) groups excluding carboxylic acids is 1. The molecule has 2 aromatic heterocycles. The number of carboxylic acids is 1. The van der Waals surface area contributed by atoms with Crippen molar-refractivity contribution in [2.75, 3.05) is 13.7 Å². The van der Waals surface area contributed by atoms with E-state index in [9.17, 15) is 9.59 Å². The van der Waals surface area contributed by atoms with Gasteiger partial charge in [0.25, 0.3) is 0 Å². The minimum Gasteiger partial charge on any atom is -0.497 e. The Morgan fingerprint density at radius 2 is 1.74 bits per heavy atom. The first-order valence-electron chi connectivity index (χ1n) is 13.6. The third kappa shape index (κ3) is 7.73. The third-order valence-corrected chi connectivity index (χ3v) is 6.56. The van der Waals surface area contributed by atoms with Crippen molar-refractivity contribution in [1.82, 2.24) is 9.97 Å². The summed E-state index contributed by atoms with van der Waals surface area (Å²) in [5.41, 5.74) is 10.7. The number of methoxy groups -OCH3 is 1. The van der Waals surface area contributed by atoms with E-state index in [0.29, 0.717) is 41.6 Å². The van der Waals surface area contributed by atoms with Crippen molar-refractivity contribution < 1.29 is 33.3 Å². The number of esters is 1. The molecule has 0 aliphatic rings. The van der Waals surface area contributed by atoms with E-state index in [1.165, 1.54) is 0 Å². The molecule has 0 bridgehead atoms. The molecular weight excluding hydrogens is 538 g/mol. The van der Waals surface area contributed by atoms with Crippen LogP contribution in [-0.2, 0) is 27.2 Å². The molecule has 2 heterocycles. The summed E-state index contributed by atoms with van der Waals surface area (Å²) in [7, 11) is 1.62. The molecule has 0 aliphatic carbocycles. The van der Waals surface area contributed by atoms with Gasteiger partial charge in [-0.1, -0.05) is 18.2 Å². The summed E-state index contributed by atoms with van der Waals surface area (Å²) in [5, 5.41) is 9.12. The summed E-state index contributed by atoms with van der Waals surface area (Å²) in [6, 6.07) is 15.5. The van der Waals surface area contributed by atoms with Crippen LogP contribution in [0.25, 0.3) is 22.7 Å². The molecule has 2 aromatic carbocycles. The number of rotatable bonds is 13. The summed E-state index contributed by atoms with van der Waals surface area (Å²) in [5.74, 6) is 0.910. The van der Waals surface area contributed by atoms with Gasteiger partial charge in [-0.15, -0.1) is 0 Å². The van der Waals surface area contributed by atoms with Crippen molar-refractivity contribution in [2.24, 2.45) is 5.73 Å². The summed E-state index contributed by atoms with van der Waals surface area (Å²) < 4.78 is 22.5. The molecule has 1 atom stereocenters. The fourth-order valence-corrected chi connectivity index (χ4v) is 4.38. The maximum atomic E-state index is 12.5. The quantitative estimate of drug-likeness (QED) is 0.202. The Morgan fingerprint density at radius 1 is 1.00 bits per heavy atom. The van der Waals surface area contributed by atoms with E-state index in [1.807, 2.05) is 37.3 Å². The highest BCUT2D eigenvalue weighted by molar-refractivity contribution is 5.78. The molecule has 4 rings (SSSR count). The lowest BCUT2D eigenvalue weighted by atomic mass is 9.97. The van der Waals surface area contributed by atoms with Gasteiger partial charge in [0.15, 0.2) is 0 Å². The van der Waals surface area contributed by atoms with Crippen LogP contribution >= 0.6 is 0 Å². The standard InChI is InChI=1S/C32H35N3O7/c1-19(2)41-32(38)30(33)26-17-25(11-9-21(26)10-12-29(36)37)40-16-14-27-20(3)42-31(35-27)23-7-5-22(6-8-23)28-18-24(39-4)13-15-34-28/h5-9,11,13,15,17-19,30H,10,12,14,16,33H2,1-4H3,(H,36,37). The van der Waals surface area contributed by atoms with Gasteiger partial charge in [-0.2, -0.15) is 0 Å². The van der Waals surface area contributed by atoms with E-state index in [0.717, 1.165) is 28.3 Å². The third-order valence-electron chi connectivity index (χ3n) is 6.56. The number of benzene rings is 2. The van der Waals surface area contributed by atoms with Gasteiger partial charge in [0.2, 0.25) is 5.89 Å². The van der Waals surface area contributed by atoms with Crippen molar-refractivity contribution in [3.8, 4) is 34.2 Å². The predicted octanol–water partition coefficient (Wildman–Crippen LogP) is 5.31. The van der Waals surface area contributed by atoms with Crippen molar-refractivity contribution in [3.63, 3.8) is 0 Å². The Kier molecular flexibility index (Phi) is 9.93. The minimum atomic E-state index is -1.06. The average Bonchev–Trinajstić information content (AvgIpc) is 3.35. The van der Waals surface area contributed by atoms with Crippen LogP contribution in [-0.4, -0.2) is 46.8 Å². The van der Waals surface area contributed by atoms with Crippen molar-refractivity contribution in [3.05, 3.63) is 83.4 Å². The second kappa shape index (κ2) is 13.8. The molecule has 0 saturated carbocycles. The number of nitrogens with two attached hydrogens (primary N) is 1. The van der Waals surface area contributed by atoms with Gasteiger partial charge < -0.3 is 29.5 Å². The molecule has 0 fully saturated rings. The minimum absolute atomic E-state index is 0.0897. The molecule has 1 unspecified atom stereocenters. The van der Waals surface area contributed by atoms with Crippen LogP contribution in [0.15, 0.2) is 65.2 Å². The van der Waals surface area contributed by atoms with E-state index in [2.05, 4.69) is 9.97 Å². The van der Waals surface area contributed by atoms with Gasteiger partial charge in [-0.05, 0) is 68.7 Å². The first kappa shape index (κ1) is 30.3. The fourth-order valence-electron chi connectivity index (χ4n) is 4.38. The molecule has 10 nitrogen and oxygen atoms in total. The van der Waals surface area contributed by atoms with E-state index >= 15 is 0 Å². The van der Waals surface area contributed by atoms with Crippen LogP contribution in [0.1, 0.15) is 48.9 Å². The Hall–Kier alpha value is -4.70. The molecule has 42 heavy (non-hydrogen) atoms. The maximum absolute atomic E-state index is 12.5. The van der Waals surface area contributed by atoms with Gasteiger partial charge in [-0.3, -0.25) is 9.78 Å². The molecule has 0 amide bonds. The van der Waals surface area contributed by atoms with Crippen molar-refractivity contribution in [1.29, 1.82) is 0 Å². The van der Waals surface area contributed by atoms with E-state index in [1.54, 1.807) is 51.4 Å². The van der Waals surface area contributed by atoms with Gasteiger partial charge in [0.05, 0.1) is 31.2 Å². The highest BCUT2D eigenvalue weighted by atomic mass is 16.5. The Balaban J connectivity index is 1.43. The number of aryl methyl sites for hydroxylation is 2. The molecular formula is C32H35N3O7. The van der Waals surface area contributed by atoms with E-state index < -0.39 is 18.0 Å².